The van der Waals surface area contributed by atoms with Gasteiger partial charge in [-0.25, -0.2) is 0 Å². The summed E-state index contributed by atoms with van der Waals surface area (Å²) in [6, 6.07) is 0.844. The standard InChI is InChI=1S/C14H30N2/c1-12(2)11-15-9-10-16(4)14-7-5-13(3)6-8-14/h12-15H,5-11H2,1-4H3. The molecule has 0 unspecified atom stereocenters. The van der Waals surface area contributed by atoms with Crippen LogP contribution in [-0.2, 0) is 0 Å². The van der Waals surface area contributed by atoms with Crippen molar-refractivity contribution in [3.05, 3.63) is 0 Å². The fourth-order valence-electron chi connectivity index (χ4n) is 2.51. The van der Waals surface area contributed by atoms with Gasteiger partial charge >= 0.3 is 0 Å². The topological polar surface area (TPSA) is 15.3 Å². The summed E-state index contributed by atoms with van der Waals surface area (Å²) in [4.78, 5) is 2.55. The minimum absolute atomic E-state index is 0.765. The second kappa shape index (κ2) is 7.29. The lowest BCUT2D eigenvalue weighted by molar-refractivity contribution is 0.170. The molecule has 1 aliphatic carbocycles. The normalized spacial score (nSPS) is 26.6. The second-order valence-corrected chi connectivity index (χ2v) is 5.99. The fraction of sp³-hybridized carbons (Fsp3) is 1.00. The van der Waals surface area contributed by atoms with Crippen LogP contribution in [0.5, 0.6) is 0 Å². The molecule has 2 nitrogen and oxygen atoms in total. The van der Waals surface area contributed by atoms with Crippen molar-refractivity contribution >= 4 is 0 Å². The van der Waals surface area contributed by atoms with Crippen LogP contribution < -0.4 is 5.32 Å². The molecule has 16 heavy (non-hydrogen) atoms. The maximum Gasteiger partial charge on any atom is 0.0107 e. The van der Waals surface area contributed by atoms with Crippen LogP contribution in [0.1, 0.15) is 46.5 Å². The maximum atomic E-state index is 3.52. The summed E-state index contributed by atoms with van der Waals surface area (Å²) < 4.78 is 0. The van der Waals surface area contributed by atoms with E-state index in [2.05, 4.69) is 38.0 Å². The average molecular weight is 226 g/mol. The highest BCUT2D eigenvalue weighted by atomic mass is 15.1. The van der Waals surface area contributed by atoms with Gasteiger partial charge in [-0.05, 0) is 51.1 Å². The van der Waals surface area contributed by atoms with Crippen LogP contribution in [0.4, 0.5) is 0 Å². The Bertz CT molecular complexity index is 172. The summed E-state index contributed by atoms with van der Waals surface area (Å²) in [6.45, 7) is 10.4. The predicted octanol–water partition coefficient (Wildman–Crippen LogP) is 2.74. The van der Waals surface area contributed by atoms with E-state index < -0.39 is 0 Å². The van der Waals surface area contributed by atoms with Gasteiger partial charge in [0.05, 0.1) is 0 Å². The lowest BCUT2D eigenvalue weighted by atomic mass is 9.87. The van der Waals surface area contributed by atoms with E-state index in [-0.39, 0.29) is 0 Å². The third-order valence-corrected chi connectivity index (χ3v) is 3.80. The third-order valence-electron chi connectivity index (χ3n) is 3.80. The molecular formula is C14H30N2. The third kappa shape index (κ3) is 5.31. The van der Waals surface area contributed by atoms with E-state index in [1.165, 1.54) is 32.2 Å². The highest BCUT2D eigenvalue weighted by Crippen LogP contribution is 2.26. The zero-order valence-electron chi connectivity index (χ0n) is 11.6. The molecule has 1 aliphatic rings. The molecule has 0 aromatic rings. The monoisotopic (exact) mass is 226 g/mol. The minimum Gasteiger partial charge on any atom is -0.315 e. The Morgan fingerprint density at radius 3 is 2.38 bits per heavy atom. The largest absolute Gasteiger partial charge is 0.315 e. The van der Waals surface area contributed by atoms with E-state index in [0.29, 0.717) is 0 Å². The van der Waals surface area contributed by atoms with Gasteiger partial charge in [0.1, 0.15) is 0 Å². The molecule has 0 aromatic carbocycles. The molecule has 0 bridgehead atoms. The van der Waals surface area contributed by atoms with Crippen LogP contribution >= 0.6 is 0 Å². The van der Waals surface area contributed by atoms with E-state index in [1.54, 1.807) is 0 Å². The molecule has 1 fully saturated rings. The van der Waals surface area contributed by atoms with Gasteiger partial charge in [-0.1, -0.05) is 20.8 Å². The first kappa shape index (κ1) is 14.0. The molecule has 96 valence electrons. The Balaban J connectivity index is 2.08. The summed E-state index contributed by atoms with van der Waals surface area (Å²) in [6.07, 6.45) is 5.66. The molecular weight excluding hydrogens is 196 g/mol. The average Bonchev–Trinajstić information content (AvgIpc) is 2.25. The van der Waals surface area contributed by atoms with Crippen molar-refractivity contribution in [1.82, 2.24) is 10.2 Å². The molecule has 0 radical (unpaired) electrons. The van der Waals surface area contributed by atoms with Gasteiger partial charge in [-0.2, -0.15) is 0 Å². The Kier molecular flexibility index (Phi) is 6.37. The summed E-state index contributed by atoms with van der Waals surface area (Å²) in [5, 5.41) is 3.52. The van der Waals surface area contributed by atoms with Gasteiger partial charge in [0, 0.05) is 19.1 Å². The van der Waals surface area contributed by atoms with Crippen molar-refractivity contribution in [2.45, 2.75) is 52.5 Å². The molecule has 1 saturated carbocycles. The minimum atomic E-state index is 0.765. The summed E-state index contributed by atoms with van der Waals surface area (Å²) in [5.41, 5.74) is 0. The van der Waals surface area contributed by atoms with Crippen molar-refractivity contribution in [2.24, 2.45) is 11.8 Å². The van der Waals surface area contributed by atoms with Crippen molar-refractivity contribution < 1.29 is 0 Å². The van der Waals surface area contributed by atoms with Gasteiger partial charge in [0.25, 0.3) is 0 Å². The van der Waals surface area contributed by atoms with Crippen molar-refractivity contribution in [2.75, 3.05) is 26.7 Å². The zero-order valence-corrected chi connectivity index (χ0v) is 11.6. The maximum absolute atomic E-state index is 3.52. The number of nitrogens with one attached hydrogen (secondary N) is 1. The smallest absolute Gasteiger partial charge is 0.0107 e. The van der Waals surface area contributed by atoms with Crippen LogP contribution in [0, 0.1) is 11.8 Å². The molecule has 0 heterocycles. The molecule has 0 spiro atoms. The van der Waals surface area contributed by atoms with E-state index in [4.69, 9.17) is 0 Å². The first-order valence-electron chi connectivity index (χ1n) is 7.00. The number of hydrogen-bond donors (Lipinski definition) is 1. The number of rotatable bonds is 6. The summed E-state index contributed by atoms with van der Waals surface area (Å²) in [7, 11) is 2.29. The van der Waals surface area contributed by atoms with E-state index in [0.717, 1.165) is 31.0 Å². The molecule has 0 aromatic heterocycles. The van der Waals surface area contributed by atoms with E-state index >= 15 is 0 Å². The van der Waals surface area contributed by atoms with Gasteiger partial charge in [0.2, 0.25) is 0 Å². The lowest BCUT2D eigenvalue weighted by Crippen LogP contribution is -2.39. The fourth-order valence-corrected chi connectivity index (χ4v) is 2.51. The predicted molar refractivity (Wildman–Crippen MR) is 71.8 cm³/mol. The van der Waals surface area contributed by atoms with E-state index in [1.807, 2.05) is 0 Å². The summed E-state index contributed by atoms with van der Waals surface area (Å²) >= 11 is 0. The lowest BCUT2D eigenvalue weighted by Gasteiger charge is -2.33. The molecule has 0 saturated heterocycles. The SMILES string of the molecule is CC(C)CNCCN(C)C1CCC(C)CC1. The molecule has 0 atom stereocenters. The van der Waals surface area contributed by atoms with Crippen LogP contribution in [0.25, 0.3) is 0 Å². The highest BCUT2D eigenvalue weighted by molar-refractivity contribution is 4.76. The first-order chi connectivity index (χ1) is 7.59. The molecule has 1 N–H and O–H groups in total. The number of hydrogen-bond acceptors (Lipinski definition) is 2. The summed E-state index contributed by atoms with van der Waals surface area (Å²) in [5.74, 6) is 1.73. The van der Waals surface area contributed by atoms with Gasteiger partial charge in [0.15, 0.2) is 0 Å². The molecule has 2 heteroatoms. The quantitative estimate of drug-likeness (QED) is 0.701. The van der Waals surface area contributed by atoms with Crippen molar-refractivity contribution in [3.8, 4) is 0 Å². The first-order valence-corrected chi connectivity index (χ1v) is 7.00. The second-order valence-electron chi connectivity index (χ2n) is 5.99. The van der Waals surface area contributed by atoms with E-state index in [9.17, 15) is 0 Å². The Hall–Kier alpha value is -0.0800. The Morgan fingerprint density at radius 2 is 1.81 bits per heavy atom. The van der Waals surface area contributed by atoms with Crippen molar-refractivity contribution in [1.29, 1.82) is 0 Å². The zero-order chi connectivity index (χ0) is 12.0. The highest BCUT2D eigenvalue weighted by Gasteiger charge is 2.20. The molecule has 1 rings (SSSR count). The van der Waals surface area contributed by atoms with Crippen LogP contribution in [0.2, 0.25) is 0 Å². The van der Waals surface area contributed by atoms with Crippen LogP contribution in [-0.4, -0.2) is 37.6 Å². The van der Waals surface area contributed by atoms with Crippen molar-refractivity contribution in [3.63, 3.8) is 0 Å². The number of nitrogens with zero attached hydrogens (tertiary/aromatic N) is 1. The Labute approximate surface area is 102 Å². The van der Waals surface area contributed by atoms with Gasteiger partial charge < -0.3 is 10.2 Å². The number of likely N-dealkylation sites (N-methyl/N-ethyl adjacent to an activating group) is 1. The molecule has 0 aliphatic heterocycles. The van der Waals surface area contributed by atoms with Crippen LogP contribution in [0.15, 0.2) is 0 Å². The van der Waals surface area contributed by atoms with Gasteiger partial charge in [-0.15, -0.1) is 0 Å². The van der Waals surface area contributed by atoms with Gasteiger partial charge in [-0.3, -0.25) is 0 Å². The Morgan fingerprint density at radius 1 is 1.19 bits per heavy atom. The van der Waals surface area contributed by atoms with Crippen LogP contribution in [0.3, 0.4) is 0 Å². The molecule has 0 amide bonds.